The standard InChI is InChI=1S/C30H34N4O7S/c1-30(2,3)21-13-11-20(12-14-21)28(35)32-22-15-16-24(29(36)41-4)25(18-22)31-23-8-7-17-33(19-23)42(39,40)27-10-6-5-9-26(27)34(37)38/h5-6,9-16,18,23,31H,7-8,17,19H2,1-4H3,(H,32,35). The van der Waals surface area contributed by atoms with Gasteiger partial charge < -0.3 is 15.4 Å². The average molecular weight is 595 g/mol. The lowest BCUT2D eigenvalue weighted by molar-refractivity contribution is -0.387. The molecule has 1 unspecified atom stereocenters. The Morgan fingerprint density at radius 3 is 2.38 bits per heavy atom. The number of piperidine rings is 1. The molecule has 1 aliphatic rings. The highest BCUT2D eigenvalue weighted by Crippen LogP contribution is 2.30. The SMILES string of the molecule is COC(=O)c1ccc(NC(=O)c2ccc(C(C)(C)C)cc2)cc1NC1CCCN(S(=O)(=O)c2ccccc2[N+](=O)[O-])C1. The highest BCUT2D eigenvalue weighted by Gasteiger charge is 2.35. The second-order valence-electron chi connectivity index (χ2n) is 11.1. The molecule has 42 heavy (non-hydrogen) atoms. The Balaban J connectivity index is 1.56. The maximum atomic E-state index is 13.4. The summed E-state index contributed by atoms with van der Waals surface area (Å²) in [4.78, 5) is 35.9. The molecule has 1 saturated heterocycles. The summed E-state index contributed by atoms with van der Waals surface area (Å²) in [6, 6.07) is 16.9. The smallest absolute Gasteiger partial charge is 0.339 e. The van der Waals surface area contributed by atoms with Crippen molar-refractivity contribution < 1.29 is 27.7 Å². The number of para-hydroxylation sites is 1. The van der Waals surface area contributed by atoms with Crippen molar-refractivity contribution in [3.05, 3.63) is 93.5 Å². The zero-order valence-corrected chi connectivity index (χ0v) is 24.7. The Hall–Kier alpha value is -4.29. The number of hydrogen-bond donors (Lipinski definition) is 2. The maximum Gasteiger partial charge on any atom is 0.339 e. The molecule has 4 rings (SSSR count). The van der Waals surface area contributed by atoms with Crippen LogP contribution >= 0.6 is 0 Å². The highest BCUT2D eigenvalue weighted by atomic mass is 32.2. The number of ether oxygens (including phenoxy) is 1. The van der Waals surface area contributed by atoms with Crippen molar-refractivity contribution in [3.8, 4) is 0 Å². The van der Waals surface area contributed by atoms with Crippen molar-refractivity contribution in [1.29, 1.82) is 0 Å². The van der Waals surface area contributed by atoms with Gasteiger partial charge in [-0.1, -0.05) is 45.0 Å². The van der Waals surface area contributed by atoms with Crippen molar-refractivity contribution in [2.24, 2.45) is 0 Å². The van der Waals surface area contributed by atoms with Crippen molar-refractivity contribution >= 4 is 39.0 Å². The molecule has 0 aromatic heterocycles. The van der Waals surface area contributed by atoms with Crippen LogP contribution in [0.4, 0.5) is 17.1 Å². The van der Waals surface area contributed by atoms with E-state index in [1.165, 1.54) is 35.7 Å². The summed E-state index contributed by atoms with van der Waals surface area (Å²) in [6.07, 6.45) is 1.08. The van der Waals surface area contributed by atoms with Gasteiger partial charge in [0, 0.05) is 36.4 Å². The lowest BCUT2D eigenvalue weighted by atomic mass is 9.87. The molecule has 222 valence electrons. The number of nitro groups is 1. The number of anilines is 2. The van der Waals surface area contributed by atoms with Crippen LogP contribution in [0.3, 0.4) is 0 Å². The minimum atomic E-state index is -4.16. The fourth-order valence-electron chi connectivity index (χ4n) is 4.82. The van der Waals surface area contributed by atoms with Gasteiger partial charge in [0.25, 0.3) is 11.6 Å². The lowest BCUT2D eigenvalue weighted by Crippen LogP contribution is -2.45. The van der Waals surface area contributed by atoms with Gasteiger partial charge in [-0.25, -0.2) is 13.2 Å². The van der Waals surface area contributed by atoms with E-state index in [0.29, 0.717) is 29.8 Å². The molecule has 2 N–H and O–H groups in total. The summed E-state index contributed by atoms with van der Waals surface area (Å²) < 4.78 is 32.9. The molecule has 1 aliphatic heterocycles. The third-order valence-corrected chi connectivity index (χ3v) is 9.03. The van der Waals surface area contributed by atoms with Crippen LogP contribution in [0, 0.1) is 10.1 Å². The molecule has 0 spiro atoms. The average Bonchev–Trinajstić information content (AvgIpc) is 2.96. The van der Waals surface area contributed by atoms with E-state index in [0.717, 1.165) is 11.6 Å². The van der Waals surface area contributed by atoms with Gasteiger partial charge in [0.15, 0.2) is 4.90 Å². The quantitative estimate of drug-likeness (QED) is 0.206. The van der Waals surface area contributed by atoms with E-state index < -0.39 is 32.6 Å². The molecule has 3 aromatic rings. The van der Waals surface area contributed by atoms with E-state index in [-0.39, 0.29) is 34.9 Å². The number of esters is 1. The monoisotopic (exact) mass is 594 g/mol. The van der Waals surface area contributed by atoms with Gasteiger partial charge >= 0.3 is 5.97 Å². The van der Waals surface area contributed by atoms with Crippen LogP contribution in [0.15, 0.2) is 71.6 Å². The molecular weight excluding hydrogens is 560 g/mol. The van der Waals surface area contributed by atoms with Gasteiger partial charge in [-0.3, -0.25) is 14.9 Å². The zero-order valence-electron chi connectivity index (χ0n) is 23.9. The third kappa shape index (κ3) is 6.77. The van der Waals surface area contributed by atoms with Crippen molar-refractivity contribution in [2.75, 3.05) is 30.8 Å². The van der Waals surface area contributed by atoms with Crippen molar-refractivity contribution in [2.45, 2.75) is 50.0 Å². The van der Waals surface area contributed by atoms with Crippen LogP contribution < -0.4 is 10.6 Å². The number of rotatable bonds is 8. The highest BCUT2D eigenvalue weighted by molar-refractivity contribution is 7.89. The van der Waals surface area contributed by atoms with Crippen LogP contribution in [0.25, 0.3) is 0 Å². The normalized spacial score (nSPS) is 16.0. The number of nitrogens with zero attached hydrogens (tertiary/aromatic N) is 2. The summed E-state index contributed by atoms with van der Waals surface area (Å²) in [5, 5.41) is 17.6. The summed E-state index contributed by atoms with van der Waals surface area (Å²) >= 11 is 0. The summed E-state index contributed by atoms with van der Waals surface area (Å²) in [5.74, 6) is -0.931. The number of sulfonamides is 1. The molecule has 12 heteroatoms. The second kappa shape index (κ2) is 12.3. The summed E-state index contributed by atoms with van der Waals surface area (Å²) in [6.45, 7) is 6.48. The first-order chi connectivity index (χ1) is 19.8. The first-order valence-electron chi connectivity index (χ1n) is 13.5. The molecule has 1 amide bonds. The number of amides is 1. The molecule has 1 fully saturated rings. The molecule has 1 atom stereocenters. The third-order valence-electron chi connectivity index (χ3n) is 7.12. The van der Waals surface area contributed by atoms with Gasteiger partial charge in [0.1, 0.15) is 0 Å². The van der Waals surface area contributed by atoms with E-state index in [4.69, 9.17) is 4.74 Å². The first kappa shape index (κ1) is 30.7. The summed E-state index contributed by atoms with van der Waals surface area (Å²) in [7, 11) is -2.90. The lowest BCUT2D eigenvalue weighted by Gasteiger charge is -2.33. The first-order valence-corrected chi connectivity index (χ1v) is 14.9. The zero-order chi connectivity index (χ0) is 30.7. The van der Waals surface area contributed by atoms with Crippen LogP contribution in [-0.4, -0.2) is 55.8 Å². The molecular formula is C30H34N4O7S. The number of methoxy groups -OCH3 is 1. The Morgan fingerprint density at radius 2 is 1.74 bits per heavy atom. The van der Waals surface area contributed by atoms with E-state index in [1.54, 1.807) is 24.3 Å². The number of carbonyl (C=O) groups excluding carboxylic acids is 2. The molecule has 1 heterocycles. The minimum Gasteiger partial charge on any atom is -0.465 e. The van der Waals surface area contributed by atoms with E-state index >= 15 is 0 Å². The Kier molecular flexibility index (Phi) is 8.97. The van der Waals surface area contributed by atoms with Crippen molar-refractivity contribution in [1.82, 2.24) is 4.31 Å². The van der Waals surface area contributed by atoms with Crippen LogP contribution in [0.5, 0.6) is 0 Å². The Bertz CT molecular complexity index is 1600. The van der Waals surface area contributed by atoms with E-state index in [9.17, 15) is 28.1 Å². The molecule has 3 aromatic carbocycles. The molecule has 0 aliphatic carbocycles. The maximum absolute atomic E-state index is 13.4. The fourth-order valence-corrected chi connectivity index (χ4v) is 6.50. The van der Waals surface area contributed by atoms with Gasteiger partial charge in [0.2, 0.25) is 10.0 Å². The number of nitro benzene ring substituents is 1. The Labute approximate surface area is 245 Å². The van der Waals surface area contributed by atoms with Crippen LogP contribution in [0.2, 0.25) is 0 Å². The van der Waals surface area contributed by atoms with E-state index in [2.05, 4.69) is 31.4 Å². The minimum absolute atomic E-state index is 0.0196. The van der Waals surface area contributed by atoms with Gasteiger partial charge in [-0.15, -0.1) is 0 Å². The molecule has 0 bridgehead atoms. The Morgan fingerprint density at radius 1 is 1.05 bits per heavy atom. The predicted octanol–water partition coefficient (Wildman–Crippen LogP) is 5.20. The number of hydrogen-bond acceptors (Lipinski definition) is 8. The number of carbonyl (C=O) groups is 2. The van der Waals surface area contributed by atoms with Crippen LogP contribution in [0.1, 0.15) is 59.9 Å². The largest absolute Gasteiger partial charge is 0.465 e. The van der Waals surface area contributed by atoms with E-state index in [1.807, 2.05) is 12.1 Å². The van der Waals surface area contributed by atoms with Crippen molar-refractivity contribution in [3.63, 3.8) is 0 Å². The topological polar surface area (TPSA) is 148 Å². The predicted molar refractivity (Wildman–Crippen MR) is 159 cm³/mol. The van der Waals surface area contributed by atoms with Gasteiger partial charge in [0.05, 0.1) is 23.3 Å². The second-order valence-corrected chi connectivity index (χ2v) is 13.0. The number of nitrogens with one attached hydrogen (secondary N) is 2. The summed E-state index contributed by atoms with van der Waals surface area (Å²) in [5.41, 5.74) is 2.02. The van der Waals surface area contributed by atoms with Gasteiger partial charge in [-0.05, 0) is 60.2 Å². The molecule has 11 nitrogen and oxygen atoms in total. The molecule has 0 radical (unpaired) electrons. The van der Waals surface area contributed by atoms with Crippen LogP contribution in [-0.2, 0) is 20.2 Å². The fraction of sp³-hybridized carbons (Fsp3) is 0.333. The van der Waals surface area contributed by atoms with Gasteiger partial charge in [-0.2, -0.15) is 4.31 Å². The number of benzene rings is 3. The molecule has 0 saturated carbocycles.